The van der Waals surface area contributed by atoms with E-state index < -0.39 is 18.5 Å². The zero-order chi connectivity index (χ0) is 17.1. The fourth-order valence-corrected chi connectivity index (χ4v) is 3.35. The summed E-state index contributed by atoms with van der Waals surface area (Å²) in [4.78, 5) is 12.0. The number of hydrogen-bond donors (Lipinski definition) is 0. The molecule has 6 heteroatoms. The normalized spacial score (nSPS) is 36.1. The number of benzene rings is 1. The molecule has 0 bridgehead atoms. The van der Waals surface area contributed by atoms with Crippen molar-refractivity contribution in [1.29, 1.82) is 0 Å². The van der Waals surface area contributed by atoms with Crippen molar-refractivity contribution < 1.29 is 28.5 Å². The number of carbonyl (C=O) groups excluding carboxylic acids is 1. The van der Waals surface area contributed by atoms with E-state index in [2.05, 4.69) is 0 Å². The molecule has 2 fully saturated rings. The Morgan fingerprint density at radius 2 is 2.00 bits per heavy atom. The molecule has 3 rings (SSSR count). The van der Waals surface area contributed by atoms with Crippen molar-refractivity contribution >= 4 is 5.78 Å². The molecule has 2 heterocycles. The van der Waals surface area contributed by atoms with E-state index in [1.54, 1.807) is 7.11 Å². The Morgan fingerprint density at radius 3 is 2.67 bits per heavy atom. The van der Waals surface area contributed by atoms with E-state index in [1.165, 1.54) is 6.92 Å². The molecule has 2 saturated heterocycles. The molecule has 6 nitrogen and oxygen atoms in total. The Labute approximate surface area is 142 Å². The Balaban J connectivity index is 1.76. The first-order valence-corrected chi connectivity index (χ1v) is 8.20. The predicted octanol–water partition coefficient (Wildman–Crippen LogP) is 2.08. The number of fused-ring (bicyclic) bond motifs is 1. The second-order valence-electron chi connectivity index (χ2n) is 6.28. The molecule has 0 radical (unpaired) electrons. The molecule has 0 aromatic heterocycles. The third kappa shape index (κ3) is 3.53. The minimum Gasteiger partial charge on any atom is -0.359 e. The van der Waals surface area contributed by atoms with Crippen LogP contribution in [0.2, 0.25) is 0 Å². The summed E-state index contributed by atoms with van der Waals surface area (Å²) in [5, 5.41) is 0. The number of ether oxygens (including phenoxy) is 5. The topological polar surface area (TPSA) is 63.2 Å². The Hall–Kier alpha value is -1.31. The highest BCUT2D eigenvalue weighted by atomic mass is 16.7. The molecule has 4 unspecified atom stereocenters. The third-order valence-electron chi connectivity index (χ3n) is 4.57. The summed E-state index contributed by atoms with van der Waals surface area (Å²) in [7, 11) is 1.55. The van der Waals surface area contributed by atoms with E-state index in [-0.39, 0.29) is 30.7 Å². The van der Waals surface area contributed by atoms with Crippen LogP contribution >= 0.6 is 0 Å². The van der Waals surface area contributed by atoms with Crippen molar-refractivity contribution in [2.24, 2.45) is 5.92 Å². The second kappa shape index (κ2) is 7.72. The fraction of sp³-hybridized carbons (Fsp3) is 0.611. The quantitative estimate of drug-likeness (QED) is 0.767. The molecular weight excluding hydrogens is 312 g/mol. The van der Waals surface area contributed by atoms with Gasteiger partial charge in [-0.1, -0.05) is 37.3 Å². The minimum atomic E-state index is -0.628. The molecule has 2 aliphatic rings. The van der Waals surface area contributed by atoms with Gasteiger partial charge < -0.3 is 23.7 Å². The molecule has 1 aromatic carbocycles. The number of carbonyl (C=O) groups is 1. The average molecular weight is 336 g/mol. The first kappa shape index (κ1) is 17.5. The maximum Gasteiger partial charge on any atom is 0.184 e. The van der Waals surface area contributed by atoms with E-state index in [9.17, 15) is 4.79 Å². The van der Waals surface area contributed by atoms with Crippen LogP contribution < -0.4 is 0 Å². The van der Waals surface area contributed by atoms with Crippen molar-refractivity contribution in [3.8, 4) is 0 Å². The van der Waals surface area contributed by atoms with Crippen molar-refractivity contribution in [2.75, 3.05) is 20.5 Å². The lowest BCUT2D eigenvalue weighted by Crippen LogP contribution is -2.60. The maximum absolute atomic E-state index is 12.0. The number of Topliss-reactive ketones (excluding diaryl/α,β-unsaturated/α-hetero) is 1. The number of hydrogen-bond acceptors (Lipinski definition) is 6. The summed E-state index contributed by atoms with van der Waals surface area (Å²) in [6, 6.07) is 9.79. The van der Waals surface area contributed by atoms with Crippen LogP contribution in [0, 0.1) is 5.92 Å². The summed E-state index contributed by atoms with van der Waals surface area (Å²) >= 11 is 0. The summed E-state index contributed by atoms with van der Waals surface area (Å²) < 4.78 is 28.6. The van der Waals surface area contributed by atoms with Crippen LogP contribution in [0.5, 0.6) is 0 Å². The highest BCUT2D eigenvalue weighted by Crippen LogP contribution is 2.38. The second-order valence-corrected chi connectivity index (χ2v) is 6.28. The average Bonchev–Trinajstić information content (AvgIpc) is 2.61. The summed E-state index contributed by atoms with van der Waals surface area (Å²) in [6.07, 6.45) is -1.96. The monoisotopic (exact) mass is 336 g/mol. The van der Waals surface area contributed by atoms with Crippen LogP contribution in [-0.2, 0) is 28.5 Å². The zero-order valence-corrected chi connectivity index (χ0v) is 14.2. The van der Waals surface area contributed by atoms with Crippen LogP contribution in [0.4, 0.5) is 0 Å². The highest BCUT2D eigenvalue weighted by molar-refractivity contribution is 5.81. The van der Waals surface area contributed by atoms with E-state index >= 15 is 0 Å². The molecule has 2 aliphatic heterocycles. The molecule has 1 aromatic rings. The number of ketones is 1. The maximum atomic E-state index is 12.0. The smallest absolute Gasteiger partial charge is 0.184 e. The Morgan fingerprint density at radius 1 is 1.25 bits per heavy atom. The van der Waals surface area contributed by atoms with Crippen LogP contribution in [0.3, 0.4) is 0 Å². The molecule has 0 spiro atoms. The first-order chi connectivity index (χ1) is 11.6. The standard InChI is InChI=1S/C18H24O6/c1-11-15-14(23-17(12(2)19)16(11)22-10-20-3)9-21-18(24-15)13-7-5-4-6-8-13/h4-8,11,14-18H,9-10H2,1-3H3/t11?,14?,15-,16?,17+,18?/m1/s1. The van der Waals surface area contributed by atoms with Gasteiger partial charge in [0.1, 0.15) is 19.0 Å². The molecule has 0 amide bonds. The van der Waals surface area contributed by atoms with E-state index in [1.807, 2.05) is 37.3 Å². The van der Waals surface area contributed by atoms with Gasteiger partial charge in [0.15, 0.2) is 12.1 Å². The minimum absolute atomic E-state index is 0.0251. The largest absolute Gasteiger partial charge is 0.359 e. The fourth-order valence-electron chi connectivity index (χ4n) is 3.35. The predicted molar refractivity (Wildman–Crippen MR) is 85.3 cm³/mol. The molecule has 6 atom stereocenters. The molecule has 0 N–H and O–H groups in total. The van der Waals surface area contributed by atoms with Gasteiger partial charge >= 0.3 is 0 Å². The summed E-state index contributed by atoms with van der Waals surface area (Å²) in [6.45, 7) is 4.02. The van der Waals surface area contributed by atoms with Gasteiger partial charge in [0.05, 0.1) is 18.8 Å². The van der Waals surface area contributed by atoms with Gasteiger partial charge in [0.2, 0.25) is 0 Å². The zero-order valence-electron chi connectivity index (χ0n) is 14.2. The lowest BCUT2D eigenvalue weighted by atomic mass is 9.85. The van der Waals surface area contributed by atoms with Gasteiger partial charge in [0, 0.05) is 18.6 Å². The van der Waals surface area contributed by atoms with E-state index in [4.69, 9.17) is 23.7 Å². The van der Waals surface area contributed by atoms with Crippen LogP contribution in [0.15, 0.2) is 30.3 Å². The Bertz CT molecular complexity index is 548. The number of rotatable bonds is 5. The lowest BCUT2D eigenvalue weighted by molar-refractivity contribution is -0.320. The molecule has 24 heavy (non-hydrogen) atoms. The van der Waals surface area contributed by atoms with Crippen molar-refractivity contribution in [3.05, 3.63) is 35.9 Å². The van der Waals surface area contributed by atoms with Gasteiger partial charge in [-0.3, -0.25) is 4.79 Å². The SMILES string of the molecule is COCOC1C(C)[C@H]2OC(c3ccccc3)OCC2O[C@H]1C(C)=O. The summed E-state index contributed by atoms with van der Waals surface area (Å²) in [5.74, 6) is -0.0884. The van der Waals surface area contributed by atoms with Gasteiger partial charge in [-0.15, -0.1) is 0 Å². The van der Waals surface area contributed by atoms with E-state index in [0.29, 0.717) is 6.61 Å². The van der Waals surface area contributed by atoms with E-state index in [0.717, 1.165) is 5.56 Å². The third-order valence-corrected chi connectivity index (χ3v) is 4.57. The summed E-state index contributed by atoms with van der Waals surface area (Å²) in [5.41, 5.74) is 0.964. The first-order valence-electron chi connectivity index (χ1n) is 8.20. The number of methoxy groups -OCH3 is 1. The van der Waals surface area contributed by atoms with Gasteiger partial charge in [-0.05, 0) is 6.92 Å². The van der Waals surface area contributed by atoms with Gasteiger partial charge in [-0.2, -0.15) is 0 Å². The Kier molecular flexibility index (Phi) is 5.63. The molecule has 0 saturated carbocycles. The molecular formula is C18H24O6. The van der Waals surface area contributed by atoms with Crippen molar-refractivity contribution in [1.82, 2.24) is 0 Å². The molecule has 132 valence electrons. The highest BCUT2D eigenvalue weighted by Gasteiger charge is 2.49. The van der Waals surface area contributed by atoms with Crippen molar-refractivity contribution in [3.63, 3.8) is 0 Å². The molecule has 0 aliphatic carbocycles. The lowest BCUT2D eigenvalue weighted by Gasteiger charge is -2.48. The van der Waals surface area contributed by atoms with Crippen LogP contribution in [-0.4, -0.2) is 50.7 Å². The van der Waals surface area contributed by atoms with Gasteiger partial charge in [-0.25, -0.2) is 0 Å². The van der Waals surface area contributed by atoms with Gasteiger partial charge in [0.25, 0.3) is 0 Å². The van der Waals surface area contributed by atoms with Crippen LogP contribution in [0.25, 0.3) is 0 Å². The van der Waals surface area contributed by atoms with Crippen LogP contribution in [0.1, 0.15) is 25.7 Å². The van der Waals surface area contributed by atoms with Crippen molar-refractivity contribution in [2.45, 2.75) is 44.6 Å².